The van der Waals surface area contributed by atoms with Crippen LogP contribution in [-0.4, -0.2) is 22.6 Å². The molecule has 0 radical (unpaired) electrons. The normalized spacial score (nSPS) is 10.3. The molecule has 0 amide bonds. The molecule has 2 rings (SSSR count). The molecule has 1 aromatic heterocycles. The Bertz CT molecular complexity index is 626. The molecule has 0 atom stereocenters. The van der Waals surface area contributed by atoms with Crippen LogP contribution in [0.4, 0.5) is 15.9 Å². The highest BCUT2D eigenvalue weighted by atomic mass is 19.1. The monoisotopic (exact) mass is 274 g/mol. The Balaban J connectivity index is 2.49. The summed E-state index contributed by atoms with van der Waals surface area (Å²) >= 11 is 0. The molecule has 0 unspecified atom stereocenters. The number of hydrogen-bond donors (Lipinski definition) is 1. The van der Waals surface area contributed by atoms with Crippen molar-refractivity contribution in [2.75, 3.05) is 11.4 Å². The maximum Gasteiger partial charge on any atom is 0.338 e. The van der Waals surface area contributed by atoms with Crippen molar-refractivity contribution in [2.45, 2.75) is 13.8 Å². The molecule has 0 spiro atoms. The third-order valence-corrected chi connectivity index (χ3v) is 3.02. The lowest BCUT2D eigenvalue weighted by molar-refractivity contribution is 0.0692. The number of pyridine rings is 1. The molecule has 104 valence electrons. The zero-order valence-corrected chi connectivity index (χ0v) is 11.3. The molecule has 0 aliphatic heterocycles. The highest BCUT2D eigenvalue weighted by Gasteiger charge is 2.19. The van der Waals surface area contributed by atoms with Crippen LogP contribution in [0.2, 0.25) is 0 Å². The lowest BCUT2D eigenvalue weighted by Gasteiger charge is -2.23. The Morgan fingerprint density at radius 1 is 1.30 bits per heavy atom. The summed E-state index contributed by atoms with van der Waals surface area (Å²) in [7, 11) is 0. The summed E-state index contributed by atoms with van der Waals surface area (Å²) in [6.07, 6.45) is 1.30. The van der Waals surface area contributed by atoms with E-state index in [2.05, 4.69) is 4.98 Å². The fourth-order valence-corrected chi connectivity index (χ4v) is 1.97. The predicted molar refractivity (Wildman–Crippen MR) is 75.0 cm³/mol. The van der Waals surface area contributed by atoms with Gasteiger partial charge in [0.25, 0.3) is 0 Å². The number of aromatic nitrogens is 1. The van der Waals surface area contributed by atoms with Crippen molar-refractivity contribution in [3.8, 4) is 0 Å². The standard InChI is InChI=1S/C15H15FN2O2/c1-3-18(11-6-4-10(2)5-7-11)14-13(16)12(15(19)20)8-9-17-14/h4-9H,3H2,1-2H3,(H,19,20). The second-order valence-corrected chi connectivity index (χ2v) is 4.38. The average Bonchev–Trinajstić information content (AvgIpc) is 2.43. The number of benzene rings is 1. The summed E-state index contributed by atoms with van der Waals surface area (Å²) in [4.78, 5) is 16.6. The van der Waals surface area contributed by atoms with E-state index in [1.807, 2.05) is 38.1 Å². The third kappa shape index (κ3) is 2.61. The maximum absolute atomic E-state index is 14.2. The van der Waals surface area contributed by atoms with Gasteiger partial charge in [-0.2, -0.15) is 0 Å². The van der Waals surface area contributed by atoms with Crippen LogP contribution in [0.1, 0.15) is 22.8 Å². The summed E-state index contributed by atoms with van der Waals surface area (Å²) in [6, 6.07) is 8.69. The van der Waals surface area contributed by atoms with Gasteiger partial charge in [-0.15, -0.1) is 0 Å². The predicted octanol–water partition coefficient (Wildman–Crippen LogP) is 3.39. The van der Waals surface area contributed by atoms with Crippen LogP contribution in [-0.2, 0) is 0 Å². The molecule has 0 fully saturated rings. The summed E-state index contributed by atoms with van der Waals surface area (Å²) in [6.45, 7) is 4.30. The van der Waals surface area contributed by atoms with E-state index < -0.39 is 11.8 Å². The molecule has 20 heavy (non-hydrogen) atoms. The zero-order chi connectivity index (χ0) is 14.7. The number of carboxylic acids is 1. The van der Waals surface area contributed by atoms with Crippen molar-refractivity contribution in [2.24, 2.45) is 0 Å². The van der Waals surface area contributed by atoms with Gasteiger partial charge in [0.05, 0.1) is 0 Å². The average molecular weight is 274 g/mol. The molecule has 0 aliphatic carbocycles. The third-order valence-electron chi connectivity index (χ3n) is 3.02. The lowest BCUT2D eigenvalue weighted by Crippen LogP contribution is -2.20. The number of aryl methyl sites for hydroxylation is 1. The number of halogens is 1. The second kappa shape index (κ2) is 5.69. The van der Waals surface area contributed by atoms with Crippen LogP contribution in [0.5, 0.6) is 0 Å². The number of hydrogen-bond acceptors (Lipinski definition) is 3. The quantitative estimate of drug-likeness (QED) is 0.928. The molecule has 0 bridgehead atoms. The molecule has 0 saturated carbocycles. The first-order valence-electron chi connectivity index (χ1n) is 6.26. The van der Waals surface area contributed by atoms with Crippen molar-refractivity contribution in [3.05, 3.63) is 53.5 Å². The first-order chi connectivity index (χ1) is 9.54. The number of carbonyl (C=O) groups is 1. The van der Waals surface area contributed by atoms with E-state index in [0.717, 1.165) is 17.3 Å². The SMILES string of the molecule is CCN(c1ccc(C)cc1)c1nccc(C(=O)O)c1F. The minimum atomic E-state index is -1.30. The van der Waals surface area contributed by atoms with Crippen LogP contribution in [0.15, 0.2) is 36.5 Å². The molecule has 0 saturated heterocycles. The van der Waals surface area contributed by atoms with Crippen LogP contribution >= 0.6 is 0 Å². The summed E-state index contributed by atoms with van der Waals surface area (Å²) < 4.78 is 14.2. The van der Waals surface area contributed by atoms with E-state index in [4.69, 9.17) is 5.11 Å². The van der Waals surface area contributed by atoms with Gasteiger partial charge in [-0.3, -0.25) is 0 Å². The van der Waals surface area contributed by atoms with Gasteiger partial charge in [0.15, 0.2) is 11.6 Å². The van der Waals surface area contributed by atoms with Gasteiger partial charge in [0, 0.05) is 18.4 Å². The van der Waals surface area contributed by atoms with Crippen LogP contribution in [0.25, 0.3) is 0 Å². The molecule has 1 heterocycles. The largest absolute Gasteiger partial charge is 0.478 e. The fourth-order valence-electron chi connectivity index (χ4n) is 1.97. The zero-order valence-electron chi connectivity index (χ0n) is 11.3. The number of anilines is 2. The number of aromatic carboxylic acids is 1. The van der Waals surface area contributed by atoms with E-state index in [1.165, 1.54) is 6.20 Å². The first kappa shape index (κ1) is 14.0. The van der Waals surface area contributed by atoms with Gasteiger partial charge >= 0.3 is 5.97 Å². The van der Waals surface area contributed by atoms with Crippen molar-refractivity contribution in [3.63, 3.8) is 0 Å². The van der Waals surface area contributed by atoms with Crippen molar-refractivity contribution < 1.29 is 14.3 Å². The molecular formula is C15H15FN2O2. The Morgan fingerprint density at radius 3 is 2.50 bits per heavy atom. The highest BCUT2D eigenvalue weighted by Crippen LogP contribution is 2.27. The van der Waals surface area contributed by atoms with Crippen molar-refractivity contribution in [1.82, 2.24) is 4.98 Å². The summed E-state index contributed by atoms with van der Waals surface area (Å²) in [5.41, 5.74) is 1.49. The van der Waals surface area contributed by atoms with E-state index in [0.29, 0.717) is 6.54 Å². The van der Waals surface area contributed by atoms with Crippen molar-refractivity contribution >= 4 is 17.5 Å². The molecule has 5 heteroatoms. The van der Waals surface area contributed by atoms with Gasteiger partial charge in [-0.05, 0) is 32.0 Å². The molecule has 1 N–H and O–H groups in total. The Labute approximate surface area is 116 Å². The van der Waals surface area contributed by atoms with Gasteiger partial charge in [0.1, 0.15) is 5.56 Å². The van der Waals surface area contributed by atoms with E-state index >= 15 is 0 Å². The number of carboxylic acid groups (broad SMARTS) is 1. The van der Waals surface area contributed by atoms with E-state index in [1.54, 1.807) is 4.90 Å². The molecule has 1 aromatic carbocycles. The Morgan fingerprint density at radius 2 is 1.95 bits per heavy atom. The summed E-state index contributed by atoms with van der Waals surface area (Å²) in [5.74, 6) is -2.09. The highest BCUT2D eigenvalue weighted by molar-refractivity contribution is 5.89. The fraction of sp³-hybridized carbons (Fsp3) is 0.200. The molecule has 2 aromatic rings. The molecular weight excluding hydrogens is 259 g/mol. The maximum atomic E-state index is 14.2. The van der Waals surface area contributed by atoms with E-state index in [-0.39, 0.29) is 11.4 Å². The Hall–Kier alpha value is -2.43. The minimum Gasteiger partial charge on any atom is -0.478 e. The summed E-state index contributed by atoms with van der Waals surface area (Å²) in [5, 5.41) is 8.97. The van der Waals surface area contributed by atoms with Gasteiger partial charge in [-0.1, -0.05) is 17.7 Å². The minimum absolute atomic E-state index is 0.0243. The van der Waals surface area contributed by atoms with Crippen LogP contribution in [0, 0.1) is 12.7 Å². The molecule has 0 aliphatic rings. The topological polar surface area (TPSA) is 53.4 Å². The Kier molecular flexibility index (Phi) is 3.98. The number of rotatable bonds is 4. The van der Waals surface area contributed by atoms with Crippen LogP contribution < -0.4 is 4.90 Å². The van der Waals surface area contributed by atoms with Gasteiger partial charge < -0.3 is 10.0 Å². The van der Waals surface area contributed by atoms with E-state index in [9.17, 15) is 9.18 Å². The smallest absolute Gasteiger partial charge is 0.338 e. The molecule has 4 nitrogen and oxygen atoms in total. The van der Waals surface area contributed by atoms with Gasteiger partial charge in [-0.25, -0.2) is 14.2 Å². The van der Waals surface area contributed by atoms with Crippen molar-refractivity contribution in [1.29, 1.82) is 0 Å². The van der Waals surface area contributed by atoms with Gasteiger partial charge in [0.2, 0.25) is 0 Å². The number of nitrogens with zero attached hydrogens (tertiary/aromatic N) is 2. The van der Waals surface area contributed by atoms with Crippen LogP contribution in [0.3, 0.4) is 0 Å². The lowest BCUT2D eigenvalue weighted by atomic mass is 10.2. The second-order valence-electron chi connectivity index (χ2n) is 4.38. The first-order valence-corrected chi connectivity index (χ1v) is 6.26.